The summed E-state index contributed by atoms with van der Waals surface area (Å²) in [4.78, 5) is 19.8. The lowest BCUT2D eigenvalue weighted by molar-refractivity contribution is 0.436. The van der Waals surface area contributed by atoms with E-state index in [1.165, 1.54) is 11.1 Å². The van der Waals surface area contributed by atoms with E-state index in [9.17, 15) is 0 Å². The first-order valence-corrected chi connectivity index (χ1v) is 16.7. The monoisotopic (exact) mass is 640 g/mol. The van der Waals surface area contributed by atoms with Crippen LogP contribution in [-0.4, -0.2) is 19.9 Å². The molecular weight excluding hydrogens is 613 g/mol. The molecular formula is C45H28N4O. The van der Waals surface area contributed by atoms with Crippen LogP contribution in [0.15, 0.2) is 170 Å². The highest BCUT2D eigenvalue weighted by atomic mass is 16.5. The topological polar surface area (TPSA) is 60.8 Å². The van der Waals surface area contributed by atoms with Gasteiger partial charge in [0.2, 0.25) is 0 Å². The van der Waals surface area contributed by atoms with Gasteiger partial charge in [0, 0.05) is 39.6 Å². The van der Waals surface area contributed by atoms with Gasteiger partial charge in [-0.3, -0.25) is 4.98 Å². The number of nitrogens with zero attached hydrogens (tertiary/aromatic N) is 4. The van der Waals surface area contributed by atoms with Gasteiger partial charge in [0.15, 0.2) is 17.5 Å². The summed E-state index contributed by atoms with van der Waals surface area (Å²) in [5.74, 6) is 3.62. The zero-order chi connectivity index (χ0) is 33.1. The van der Waals surface area contributed by atoms with Gasteiger partial charge >= 0.3 is 0 Å². The molecule has 3 heterocycles. The Bertz CT molecular complexity index is 2470. The molecule has 0 amide bonds. The van der Waals surface area contributed by atoms with Crippen LogP contribution in [0.25, 0.3) is 56.5 Å². The molecule has 2 aliphatic rings. The number of hydrogen-bond acceptors (Lipinski definition) is 5. The third-order valence-electron chi connectivity index (χ3n) is 9.86. The van der Waals surface area contributed by atoms with Crippen molar-refractivity contribution in [1.82, 2.24) is 19.9 Å². The summed E-state index contributed by atoms with van der Waals surface area (Å²) >= 11 is 0. The Morgan fingerprint density at radius 3 is 1.42 bits per heavy atom. The van der Waals surface area contributed by atoms with Crippen LogP contribution in [0.4, 0.5) is 0 Å². The first-order chi connectivity index (χ1) is 24.8. The number of hydrogen-bond donors (Lipinski definition) is 0. The Kier molecular flexibility index (Phi) is 6.33. The van der Waals surface area contributed by atoms with Crippen molar-refractivity contribution in [2.24, 2.45) is 0 Å². The highest BCUT2D eigenvalue weighted by Crippen LogP contribution is 2.62. The summed E-state index contributed by atoms with van der Waals surface area (Å²) in [6.07, 6.45) is 1.84. The number of ether oxygens (including phenoxy) is 1. The molecule has 0 bridgehead atoms. The summed E-state index contributed by atoms with van der Waals surface area (Å²) in [6.45, 7) is 0. The van der Waals surface area contributed by atoms with Crippen molar-refractivity contribution in [3.05, 3.63) is 192 Å². The second-order valence-electron chi connectivity index (χ2n) is 12.6. The van der Waals surface area contributed by atoms with Crippen molar-refractivity contribution < 1.29 is 4.74 Å². The van der Waals surface area contributed by atoms with Gasteiger partial charge in [0.1, 0.15) is 11.5 Å². The molecule has 8 aromatic rings. The Balaban J connectivity index is 1.25. The van der Waals surface area contributed by atoms with Crippen molar-refractivity contribution in [2.75, 3.05) is 0 Å². The van der Waals surface area contributed by atoms with Crippen LogP contribution in [0.2, 0.25) is 0 Å². The standard InChI is InChI=1S/C45H28N4O/c1-3-13-29(14-4-1)42-47-43(30-15-5-2-6-16-30)49-44(48-42)32-23-25-36-34(28-32)33-27-31(39-19-11-12-26-46-39)22-24-35(33)45(36)37-17-7-9-20-40(37)50-41-21-10-8-18-38(41)45/h1-28H. The molecule has 5 nitrogen and oxygen atoms in total. The second-order valence-corrected chi connectivity index (χ2v) is 12.6. The van der Waals surface area contributed by atoms with Crippen LogP contribution in [0.3, 0.4) is 0 Å². The van der Waals surface area contributed by atoms with E-state index in [2.05, 4.69) is 78.9 Å². The van der Waals surface area contributed by atoms with Crippen molar-refractivity contribution in [2.45, 2.75) is 5.41 Å². The van der Waals surface area contributed by atoms with Gasteiger partial charge in [-0.15, -0.1) is 0 Å². The van der Waals surface area contributed by atoms with Crippen LogP contribution in [0.5, 0.6) is 11.5 Å². The molecule has 2 aromatic heterocycles. The predicted octanol–water partition coefficient (Wildman–Crippen LogP) is 10.4. The first kappa shape index (κ1) is 28.3. The minimum absolute atomic E-state index is 0.583. The van der Waals surface area contributed by atoms with Crippen molar-refractivity contribution in [3.63, 3.8) is 0 Å². The average molecular weight is 641 g/mol. The molecule has 0 unspecified atom stereocenters. The van der Waals surface area contributed by atoms with Gasteiger partial charge in [0.05, 0.1) is 11.1 Å². The summed E-state index contributed by atoms with van der Waals surface area (Å²) in [7, 11) is 0. The molecule has 0 N–H and O–H groups in total. The maximum Gasteiger partial charge on any atom is 0.164 e. The molecule has 0 atom stereocenters. The SMILES string of the molecule is c1ccc(-c2nc(-c3ccccc3)nc(-c3ccc4c(c3)-c3cc(-c5ccccn5)ccc3C43c4ccccc4Oc4ccccc43)n2)cc1. The fourth-order valence-electron chi connectivity index (χ4n) is 7.68. The van der Waals surface area contributed by atoms with E-state index in [-0.39, 0.29) is 0 Å². The van der Waals surface area contributed by atoms with E-state index in [1.807, 2.05) is 91.1 Å². The normalized spacial score (nSPS) is 13.1. The van der Waals surface area contributed by atoms with Gasteiger partial charge in [-0.05, 0) is 58.7 Å². The maximum absolute atomic E-state index is 6.55. The van der Waals surface area contributed by atoms with Crippen LogP contribution >= 0.6 is 0 Å². The van der Waals surface area contributed by atoms with Gasteiger partial charge < -0.3 is 4.74 Å². The smallest absolute Gasteiger partial charge is 0.164 e. The highest BCUT2D eigenvalue weighted by Gasteiger charge is 2.51. The molecule has 1 aliphatic carbocycles. The van der Waals surface area contributed by atoms with E-state index >= 15 is 0 Å². The lowest BCUT2D eigenvalue weighted by Gasteiger charge is -2.39. The Morgan fingerprint density at radius 2 is 0.860 bits per heavy atom. The molecule has 0 fully saturated rings. The summed E-state index contributed by atoms with van der Waals surface area (Å²) in [6, 6.07) is 56.5. The second kappa shape index (κ2) is 11.2. The van der Waals surface area contributed by atoms with E-state index in [4.69, 9.17) is 24.7 Å². The molecule has 10 rings (SSSR count). The number of pyridine rings is 1. The number of fused-ring (bicyclic) bond motifs is 9. The molecule has 5 heteroatoms. The van der Waals surface area contributed by atoms with Crippen LogP contribution in [0.1, 0.15) is 22.3 Å². The largest absolute Gasteiger partial charge is 0.457 e. The minimum atomic E-state index is -0.583. The molecule has 0 saturated carbocycles. The maximum atomic E-state index is 6.55. The molecule has 50 heavy (non-hydrogen) atoms. The van der Waals surface area contributed by atoms with Gasteiger partial charge in [-0.1, -0.05) is 127 Å². The zero-order valence-corrected chi connectivity index (χ0v) is 26.9. The van der Waals surface area contributed by atoms with Gasteiger partial charge in [0.25, 0.3) is 0 Å². The molecule has 1 spiro atoms. The number of aromatic nitrogens is 4. The molecule has 0 saturated heterocycles. The number of rotatable bonds is 4. The molecule has 0 radical (unpaired) electrons. The fourth-order valence-corrected chi connectivity index (χ4v) is 7.68. The number of benzene rings is 6. The van der Waals surface area contributed by atoms with E-state index in [0.29, 0.717) is 17.5 Å². The van der Waals surface area contributed by atoms with Gasteiger partial charge in [-0.25, -0.2) is 15.0 Å². The molecule has 234 valence electrons. The first-order valence-electron chi connectivity index (χ1n) is 16.7. The number of para-hydroxylation sites is 2. The third-order valence-corrected chi connectivity index (χ3v) is 9.86. The third kappa shape index (κ3) is 4.27. The lowest BCUT2D eigenvalue weighted by Crippen LogP contribution is -2.32. The highest BCUT2D eigenvalue weighted by molar-refractivity contribution is 5.92. The van der Waals surface area contributed by atoms with Crippen LogP contribution in [0, 0.1) is 0 Å². The van der Waals surface area contributed by atoms with E-state index in [0.717, 1.165) is 61.7 Å². The quantitative estimate of drug-likeness (QED) is 0.192. The lowest BCUT2D eigenvalue weighted by atomic mass is 9.66. The van der Waals surface area contributed by atoms with Crippen molar-refractivity contribution in [3.8, 4) is 68.0 Å². The van der Waals surface area contributed by atoms with Crippen molar-refractivity contribution >= 4 is 0 Å². The van der Waals surface area contributed by atoms with E-state index < -0.39 is 5.41 Å². The van der Waals surface area contributed by atoms with Crippen LogP contribution in [-0.2, 0) is 5.41 Å². The summed E-state index contributed by atoms with van der Waals surface area (Å²) in [5, 5.41) is 0. The zero-order valence-electron chi connectivity index (χ0n) is 26.9. The molecule has 6 aromatic carbocycles. The molecule has 1 aliphatic heterocycles. The predicted molar refractivity (Wildman–Crippen MR) is 197 cm³/mol. The Hall–Kier alpha value is -6.72. The van der Waals surface area contributed by atoms with Crippen LogP contribution < -0.4 is 4.74 Å². The minimum Gasteiger partial charge on any atom is -0.457 e. The summed E-state index contributed by atoms with van der Waals surface area (Å²) in [5.41, 5.74) is 11.1. The van der Waals surface area contributed by atoms with Crippen molar-refractivity contribution in [1.29, 1.82) is 0 Å². The fraction of sp³-hybridized carbons (Fsp3) is 0.0222. The summed E-state index contributed by atoms with van der Waals surface area (Å²) < 4.78 is 6.55. The Morgan fingerprint density at radius 1 is 0.380 bits per heavy atom. The van der Waals surface area contributed by atoms with E-state index in [1.54, 1.807) is 0 Å². The van der Waals surface area contributed by atoms with Gasteiger partial charge in [-0.2, -0.15) is 0 Å². The average Bonchev–Trinajstić information content (AvgIpc) is 3.48. The Labute approximate surface area is 289 Å².